The molecule has 0 saturated heterocycles. The maximum atomic E-state index is 5.53. The Kier molecular flexibility index (Phi) is 5.27. The molecule has 0 fully saturated rings. The summed E-state index contributed by atoms with van der Waals surface area (Å²) in [5.41, 5.74) is 7.51. The van der Waals surface area contributed by atoms with Crippen molar-refractivity contribution in [1.82, 2.24) is 10.1 Å². The molecule has 0 amide bonds. The minimum atomic E-state index is -0.195. The fourth-order valence-corrected chi connectivity index (χ4v) is 1.41. The first-order chi connectivity index (χ1) is 8.24. The van der Waals surface area contributed by atoms with Gasteiger partial charge in [-0.05, 0) is 12.5 Å². The summed E-state index contributed by atoms with van der Waals surface area (Å²) < 4.78 is 10.2. The van der Waals surface area contributed by atoms with E-state index in [4.69, 9.17) is 15.0 Å². The van der Waals surface area contributed by atoms with Gasteiger partial charge in [0.1, 0.15) is 6.10 Å². The number of rotatable bonds is 4. The normalized spacial score (nSPS) is 11.9. The number of nitrogens with zero attached hydrogens (tertiary/aromatic N) is 2. The lowest BCUT2D eigenvalue weighted by molar-refractivity contribution is 0.0886. The van der Waals surface area contributed by atoms with Gasteiger partial charge >= 0.3 is 0 Å². The summed E-state index contributed by atoms with van der Waals surface area (Å²) in [6.07, 6.45) is -0.195. The van der Waals surface area contributed by atoms with Gasteiger partial charge in [0.2, 0.25) is 5.82 Å². The Balaban J connectivity index is 0.00000162. The van der Waals surface area contributed by atoms with Gasteiger partial charge < -0.3 is 15.0 Å². The molecule has 1 atom stereocenters. The molecule has 0 radical (unpaired) electrons. The summed E-state index contributed by atoms with van der Waals surface area (Å²) >= 11 is 0. The van der Waals surface area contributed by atoms with E-state index in [0.717, 1.165) is 11.1 Å². The standard InChI is InChI=1S/C12H15N3O2.ClH/c1-8(16-2)12-14-11(15-17-12)10-5-3-9(7-13)4-6-10;/h3-6,8H,7,13H2,1-2H3;1H. The number of benzene rings is 1. The average molecular weight is 270 g/mol. The van der Waals surface area contributed by atoms with Crippen LogP contribution in [0.15, 0.2) is 28.8 Å². The third-order valence-electron chi connectivity index (χ3n) is 2.59. The van der Waals surface area contributed by atoms with E-state index in [1.54, 1.807) is 7.11 Å². The summed E-state index contributed by atoms with van der Waals surface area (Å²) in [6.45, 7) is 2.38. The number of ether oxygens (including phenoxy) is 1. The summed E-state index contributed by atoms with van der Waals surface area (Å²) in [4.78, 5) is 4.27. The van der Waals surface area contributed by atoms with Crippen molar-refractivity contribution in [2.45, 2.75) is 19.6 Å². The molecule has 1 heterocycles. The van der Waals surface area contributed by atoms with Crippen LogP contribution in [0.5, 0.6) is 0 Å². The molecule has 0 bridgehead atoms. The molecular formula is C12H16ClN3O2. The van der Waals surface area contributed by atoms with Crippen LogP contribution in [0.1, 0.15) is 24.5 Å². The van der Waals surface area contributed by atoms with Crippen LogP contribution in [0, 0.1) is 0 Å². The minimum absolute atomic E-state index is 0. The molecule has 6 heteroatoms. The molecule has 18 heavy (non-hydrogen) atoms. The largest absolute Gasteiger partial charge is 0.372 e. The quantitative estimate of drug-likeness (QED) is 0.922. The molecule has 5 nitrogen and oxygen atoms in total. The van der Waals surface area contributed by atoms with E-state index in [-0.39, 0.29) is 18.5 Å². The van der Waals surface area contributed by atoms with Crippen molar-refractivity contribution in [2.75, 3.05) is 7.11 Å². The van der Waals surface area contributed by atoms with Gasteiger partial charge in [-0.2, -0.15) is 4.98 Å². The van der Waals surface area contributed by atoms with E-state index in [0.29, 0.717) is 18.3 Å². The Bertz CT molecular complexity index is 484. The van der Waals surface area contributed by atoms with Crippen LogP contribution in [0.25, 0.3) is 11.4 Å². The van der Waals surface area contributed by atoms with Crippen molar-refractivity contribution >= 4 is 12.4 Å². The number of halogens is 1. The van der Waals surface area contributed by atoms with Gasteiger partial charge in [-0.25, -0.2) is 0 Å². The third kappa shape index (κ3) is 3.07. The molecule has 0 aliphatic carbocycles. The van der Waals surface area contributed by atoms with Crippen LogP contribution in [0.2, 0.25) is 0 Å². The van der Waals surface area contributed by atoms with E-state index >= 15 is 0 Å². The van der Waals surface area contributed by atoms with Crippen LogP contribution in [0.4, 0.5) is 0 Å². The second-order valence-corrected chi connectivity index (χ2v) is 3.74. The lowest BCUT2D eigenvalue weighted by atomic mass is 10.1. The zero-order chi connectivity index (χ0) is 12.3. The second kappa shape index (κ2) is 6.49. The fraction of sp³-hybridized carbons (Fsp3) is 0.333. The number of nitrogens with two attached hydrogens (primary N) is 1. The highest BCUT2D eigenvalue weighted by Crippen LogP contribution is 2.20. The molecule has 2 aromatic rings. The molecule has 0 aliphatic rings. The first-order valence-corrected chi connectivity index (χ1v) is 5.40. The number of hydrogen-bond donors (Lipinski definition) is 1. The van der Waals surface area contributed by atoms with Gasteiger partial charge in [-0.1, -0.05) is 29.4 Å². The first kappa shape index (κ1) is 14.6. The number of methoxy groups -OCH3 is 1. The zero-order valence-corrected chi connectivity index (χ0v) is 11.1. The van der Waals surface area contributed by atoms with E-state index in [9.17, 15) is 0 Å². The van der Waals surface area contributed by atoms with Crippen molar-refractivity contribution in [3.63, 3.8) is 0 Å². The molecule has 1 unspecified atom stereocenters. The Hall–Kier alpha value is -1.43. The van der Waals surface area contributed by atoms with Gasteiger partial charge in [0.05, 0.1) is 0 Å². The van der Waals surface area contributed by atoms with E-state index < -0.39 is 0 Å². The second-order valence-electron chi connectivity index (χ2n) is 3.74. The number of aromatic nitrogens is 2. The lowest BCUT2D eigenvalue weighted by Gasteiger charge is -2.00. The average Bonchev–Trinajstić information content (AvgIpc) is 2.87. The molecule has 2 rings (SSSR count). The topological polar surface area (TPSA) is 74.2 Å². The molecule has 2 N–H and O–H groups in total. The molecule has 0 aliphatic heterocycles. The summed E-state index contributed by atoms with van der Waals surface area (Å²) in [5, 5.41) is 3.91. The minimum Gasteiger partial charge on any atom is -0.372 e. The highest BCUT2D eigenvalue weighted by atomic mass is 35.5. The zero-order valence-electron chi connectivity index (χ0n) is 10.3. The molecule has 0 saturated carbocycles. The van der Waals surface area contributed by atoms with E-state index in [1.807, 2.05) is 31.2 Å². The van der Waals surface area contributed by atoms with Crippen molar-refractivity contribution in [2.24, 2.45) is 5.73 Å². The summed E-state index contributed by atoms with van der Waals surface area (Å²) in [7, 11) is 1.60. The van der Waals surface area contributed by atoms with Gasteiger partial charge in [-0.3, -0.25) is 0 Å². The van der Waals surface area contributed by atoms with E-state index in [2.05, 4.69) is 10.1 Å². The van der Waals surface area contributed by atoms with Crippen LogP contribution >= 0.6 is 12.4 Å². The SMILES string of the molecule is COC(C)c1nc(-c2ccc(CN)cc2)no1.Cl. The van der Waals surface area contributed by atoms with Gasteiger partial charge in [0.25, 0.3) is 5.89 Å². The highest BCUT2D eigenvalue weighted by Gasteiger charge is 2.14. The van der Waals surface area contributed by atoms with Gasteiger partial charge in [0.15, 0.2) is 0 Å². The maximum absolute atomic E-state index is 5.53. The Morgan fingerprint density at radius 2 is 2.00 bits per heavy atom. The Morgan fingerprint density at radius 1 is 1.33 bits per heavy atom. The van der Waals surface area contributed by atoms with Crippen LogP contribution in [0.3, 0.4) is 0 Å². The summed E-state index contributed by atoms with van der Waals surface area (Å²) in [5.74, 6) is 1.04. The molecule has 0 spiro atoms. The molecule has 1 aromatic heterocycles. The van der Waals surface area contributed by atoms with Crippen molar-refractivity contribution < 1.29 is 9.26 Å². The van der Waals surface area contributed by atoms with Crippen LogP contribution in [-0.4, -0.2) is 17.3 Å². The molecule has 1 aromatic carbocycles. The fourth-order valence-electron chi connectivity index (χ4n) is 1.41. The number of hydrogen-bond acceptors (Lipinski definition) is 5. The van der Waals surface area contributed by atoms with Gasteiger partial charge in [0, 0.05) is 19.2 Å². The smallest absolute Gasteiger partial charge is 0.255 e. The van der Waals surface area contributed by atoms with Crippen molar-refractivity contribution in [3.8, 4) is 11.4 Å². The third-order valence-corrected chi connectivity index (χ3v) is 2.59. The molecule has 98 valence electrons. The van der Waals surface area contributed by atoms with Crippen molar-refractivity contribution in [3.05, 3.63) is 35.7 Å². The van der Waals surface area contributed by atoms with Crippen LogP contribution in [-0.2, 0) is 11.3 Å². The predicted octanol–water partition coefficient (Wildman–Crippen LogP) is 2.32. The molecular weight excluding hydrogens is 254 g/mol. The highest BCUT2D eigenvalue weighted by molar-refractivity contribution is 5.85. The Labute approximate surface area is 112 Å². The Morgan fingerprint density at radius 3 is 2.56 bits per heavy atom. The van der Waals surface area contributed by atoms with E-state index in [1.165, 1.54) is 0 Å². The first-order valence-electron chi connectivity index (χ1n) is 5.40. The monoisotopic (exact) mass is 269 g/mol. The lowest BCUT2D eigenvalue weighted by Crippen LogP contribution is -1.96. The van der Waals surface area contributed by atoms with Crippen molar-refractivity contribution in [1.29, 1.82) is 0 Å². The van der Waals surface area contributed by atoms with Gasteiger partial charge in [-0.15, -0.1) is 12.4 Å². The summed E-state index contributed by atoms with van der Waals surface area (Å²) in [6, 6.07) is 7.75. The van der Waals surface area contributed by atoms with Crippen LogP contribution < -0.4 is 5.73 Å². The predicted molar refractivity (Wildman–Crippen MR) is 70.3 cm³/mol. The maximum Gasteiger partial charge on any atom is 0.255 e.